The first-order valence-electron chi connectivity index (χ1n) is 4.19. The second-order valence-corrected chi connectivity index (χ2v) is 3.12. The van der Waals surface area contributed by atoms with Crippen molar-refractivity contribution in [1.82, 2.24) is 5.32 Å². The lowest BCUT2D eigenvalue weighted by Gasteiger charge is -2.12. The summed E-state index contributed by atoms with van der Waals surface area (Å²) in [6.45, 7) is 2.15. The molecule has 1 aromatic rings. The zero-order valence-electron chi connectivity index (χ0n) is 7.43. The van der Waals surface area contributed by atoms with E-state index in [4.69, 9.17) is 16.0 Å². The van der Waals surface area contributed by atoms with Gasteiger partial charge < -0.3 is 9.73 Å². The minimum atomic E-state index is 0.321. The summed E-state index contributed by atoms with van der Waals surface area (Å²) in [6, 6.07) is 2.24. The van der Waals surface area contributed by atoms with Crippen molar-refractivity contribution in [2.24, 2.45) is 0 Å². The Morgan fingerprint density at radius 2 is 2.42 bits per heavy atom. The molecule has 0 saturated carbocycles. The van der Waals surface area contributed by atoms with Crippen LogP contribution in [-0.4, -0.2) is 7.05 Å². The number of nitrogens with one attached hydrogen (secondary N) is 1. The predicted molar refractivity (Wildman–Crippen MR) is 50.4 cm³/mol. The van der Waals surface area contributed by atoms with Crippen LogP contribution in [0, 0.1) is 0 Å². The van der Waals surface area contributed by atoms with E-state index in [0.29, 0.717) is 11.3 Å². The fraction of sp³-hybridized carbons (Fsp3) is 0.556. The molecule has 0 aromatic carbocycles. The molecule has 1 aromatic heterocycles. The first-order chi connectivity index (χ1) is 5.79. The van der Waals surface area contributed by atoms with E-state index in [0.717, 1.165) is 18.4 Å². The number of hydrogen-bond donors (Lipinski definition) is 1. The van der Waals surface area contributed by atoms with Crippen molar-refractivity contribution in [1.29, 1.82) is 0 Å². The van der Waals surface area contributed by atoms with Crippen molar-refractivity contribution in [2.45, 2.75) is 25.8 Å². The summed E-state index contributed by atoms with van der Waals surface area (Å²) in [5, 5.41) is 3.70. The number of furan rings is 1. The average molecular weight is 188 g/mol. The first-order valence-corrected chi connectivity index (χ1v) is 4.57. The van der Waals surface area contributed by atoms with E-state index in [1.165, 1.54) is 0 Å². The molecular formula is C9H14ClNO. The van der Waals surface area contributed by atoms with E-state index < -0.39 is 0 Å². The first kappa shape index (κ1) is 9.62. The van der Waals surface area contributed by atoms with Crippen molar-refractivity contribution in [2.75, 3.05) is 7.05 Å². The molecule has 1 rings (SSSR count). The highest BCUT2D eigenvalue weighted by Crippen LogP contribution is 2.26. The molecule has 3 heteroatoms. The molecule has 1 atom stereocenters. The summed E-state index contributed by atoms with van der Waals surface area (Å²) >= 11 is 5.84. The van der Waals surface area contributed by atoms with Gasteiger partial charge in [-0.15, -0.1) is 0 Å². The van der Waals surface area contributed by atoms with Crippen LogP contribution in [0.5, 0.6) is 0 Å². The molecule has 0 aliphatic rings. The summed E-state index contributed by atoms with van der Waals surface area (Å²) in [6.07, 6.45) is 3.83. The lowest BCUT2D eigenvalue weighted by atomic mass is 10.1. The van der Waals surface area contributed by atoms with Gasteiger partial charge in [0.15, 0.2) is 5.22 Å². The van der Waals surface area contributed by atoms with Crippen molar-refractivity contribution in [3.63, 3.8) is 0 Å². The van der Waals surface area contributed by atoms with E-state index in [9.17, 15) is 0 Å². The largest absolute Gasteiger partial charge is 0.453 e. The van der Waals surface area contributed by atoms with Crippen LogP contribution in [0.2, 0.25) is 5.22 Å². The summed E-state index contributed by atoms with van der Waals surface area (Å²) in [7, 11) is 1.93. The fourth-order valence-electron chi connectivity index (χ4n) is 1.30. The van der Waals surface area contributed by atoms with Crippen LogP contribution in [0.4, 0.5) is 0 Å². The third kappa shape index (κ3) is 2.02. The molecule has 0 radical (unpaired) electrons. The van der Waals surface area contributed by atoms with E-state index in [2.05, 4.69) is 12.2 Å². The molecule has 0 amide bonds. The zero-order valence-corrected chi connectivity index (χ0v) is 8.19. The van der Waals surface area contributed by atoms with Crippen LogP contribution < -0.4 is 5.32 Å². The molecule has 0 aliphatic heterocycles. The second-order valence-electron chi connectivity index (χ2n) is 2.78. The van der Waals surface area contributed by atoms with E-state index in [-0.39, 0.29) is 0 Å². The average Bonchev–Trinajstić information content (AvgIpc) is 2.47. The Hall–Kier alpha value is -0.470. The summed E-state index contributed by atoms with van der Waals surface area (Å²) in [5.41, 5.74) is 1.06. The van der Waals surface area contributed by atoms with Gasteiger partial charge in [-0.05, 0) is 31.1 Å². The van der Waals surface area contributed by atoms with Gasteiger partial charge in [0.1, 0.15) is 0 Å². The van der Waals surface area contributed by atoms with E-state index in [1.54, 1.807) is 6.26 Å². The lowest BCUT2D eigenvalue weighted by molar-refractivity contribution is 0.521. The summed E-state index contributed by atoms with van der Waals surface area (Å²) in [4.78, 5) is 0. The Morgan fingerprint density at radius 1 is 1.67 bits per heavy atom. The number of rotatable bonds is 4. The van der Waals surface area contributed by atoms with Gasteiger partial charge in [0.25, 0.3) is 0 Å². The SMILES string of the molecule is CCCC(NC)c1ccoc1Cl. The van der Waals surface area contributed by atoms with Crippen molar-refractivity contribution >= 4 is 11.6 Å². The van der Waals surface area contributed by atoms with Crippen LogP contribution in [-0.2, 0) is 0 Å². The molecule has 1 N–H and O–H groups in total. The molecule has 1 heterocycles. The molecule has 0 bridgehead atoms. The Balaban J connectivity index is 2.72. The van der Waals surface area contributed by atoms with E-state index >= 15 is 0 Å². The Kier molecular flexibility index (Phi) is 3.63. The topological polar surface area (TPSA) is 25.2 Å². The normalized spacial score (nSPS) is 13.2. The highest BCUT2D eigenvalue weighted by Gasteiger charge is 2.13. The zero-order chi connectivity index (χ0) is 8.97. The Bertz CT molecular complexity index is 234. The van der Waals surface area contributed by atoms with Gasteiger partial charge in [0.2, 0.25) is 0 Å². The molecule has 0 fully saturated rings. The molecular weight excluding hydrogens is 174 g/mol. The van der Waals surface area contributed by atoms with Gasteiger partial charge in [-0.25, -0.2) is 0 Å². The quantitative estimate of drug-likeness (QED) is 0.784. The van der Waals surface area contributed by atoms with Crippen molar-refractivity contribution < 1.29 is 4.42 Å². The van der Waals surface area contributed by atoms with Crippen molar-refractivity contribution in [3.8, 4) is 0 Å². The van der Waals surface area contributed by atoms with Crippen LogP contribution in [0.25, 0.3) is 0 Å². The second kappa shape index (κ2) is 4.53. The molecule has 68 valence electrons. The highest BCUT2D eigenvalue weighted by atomic mass is 35.5. The van der Waals surface area contributed by atoms with Crippen LogP contribution in [0.3, 0.4) is 0 Å². The van der Waals surface area contributed by atoms with Gasteiger partial charge in [-0.3, -0.25) is 0 Å². The minimum absolute atomic E-state index is 0.321. The van der Waals surface area contributed by atoms with Crippen molar-refractivity contribution in [3.05, 3.63) is 23.1 Å². The summed E-state index contributed by atoms with van der Waals surface area (Å²) < 4.78 is 5.02. The Labute approximate surface area is 77.9 Å². The third-order valence-electron chi connectivity index (χ3n) is 1.95. The Morgan fingerprint density at radius 3 is 2.83 bits per heavy atom. The molecule has 0 spiro atoms. The van der Waals surface area contributed by atoms with Crippen LogP contribution in [0.1, 0.15) is 31.4 Å². The number of hydrogen-bond acceptors (Lipinski definition) is 2. The monoisotopic (exact) mass is 187 g/mol. The van der Waals surface area contributed by atoms with Crippen LogP contribution in [0.15, 0.2) is 16.7 Å². The maximum Gasteiger partial charge on any atom is 0.197 e. The van der Waals surface area contributed by atoms with Crippen LogP contribution >= 0.6 is 11.6 Å². The summed E-state index contributed by atoms with van der Waals surface area (Å²) in [5.74, 6) is 0. The predicted octanol–water partition coefficient (Wildman–Crippen LogP) is 2.99. The van der Waals surface area contributed by atoms with Gasteiger partial charge in [-0.1, -0.05) is 13.3 Å². The molecule has 1 unspecified atom stereocenters. The standard InChI is InChI=1S/C9H14ClNO/c1-3-4-8(11-2)7-5-6-12-9(7)10/h5-6,8,11H,3-4H2,1-2H3. The van der Waals surface area contributed by atoms with Gasteiger partial charge in [0, 0.05) is 11.6 Å². The fourth-order valence-corrected chi connectivity index (χ4v) is 1.54. The molecule has 0 aliphatic carbocycles. The minimum Gasteiger partial charge on any atom is -0.453 e. The molecule has 2 nitrogen and oxygen atoms in total. The van der Waals surface area contributed by atoms with Gasteiger partial charge >= 0.3 is 0 Å². The maximum atomic E-state index is 5.84. The number of halogens is 1. The highest BCUT2D eigenvalue weighted by molar-refractivity contribution is 6.29. The van der Waals surface area contributed by atoms with Gasteiger partial charge in [-0.2, -0.15) is 0 Å². The van der Waals surface area contributed by atoms with E-state index in [1.807, 2.05) is 13.1 Å². The maximum absolute atomic E-state index is 5.84. The lowest BCUT2D eigenvalue weighted by Crippen LogP contribution is -2.15. The molecule has 12 heavy (non-hydrogen) atoms. The smallest absolute Gasteiger partial charge is 0.197 e. The third-order valence-corrected chi connectivity index (χ3v) is 2.25. The molecule has 0 saturated heterocycles. The van der Waals surface area contributed by atoms with Gasteiger partial charge in [0.05, 0.1) is 6.26 Å².